The van der Waals surface area contributed by atoms with Gasteiger partial charge >= 0.3 is 0 Å². The molecule has 1 aromatic carbocycles. The molecular weight excluding hydrogens is 204 g/mol. The summed E-state index contributed by atoms with van der Waals surface area (Å²) < 4.78 is 0.715. The number of aromatic nitrogens is 2. The maximum atomic E-state index is 5.13. The zero-order valence-electron chi connectivity index (χ0n) is 8.74. The fourth-order valence-electron chi connectivity index (χ4n) is 1.50. The molecule has 1 aromatic heterocycles. The number of benzene rings is 1. The maximum Gasteiger partial charge on any atom is 0.122 e. The van der Waals surface area contributed by atoms with Crippen molar-refractivity contribution in [1.29, 1.82) is 0 Å². The lowest BCUT2D eigenvalue weighted by Crippen LogP contribution is -1.96. The van der Waals surface area contributed by atoms with Crippen molar-refractivity contribution in [3.05, 3.63) is 46.1 Å². The summed E-state index contributed by atoms with van der Waals surface area (Å²) in [5, 5.41) is 7.15. The maximum absolute atomic E-state index is 5.13. The van der Waals surface area contributed by atoms with Gasteiger partial charge in [0, 0.05) is 5.56 Å². The molecule has 0 saturated heterocycles. The van der Waals surface area contributed by atoms with E-state index in [9.17, 15) is 0 Å². The summed E-state index contributed by atoms with van der Waals surface area (Å²) in [6.07, 6.45) is 0. The predicted molar refractivity (Wildman–Crippen MR) is 64.3 cm³/mol. The van der Waals surface area contributed by atoms with E-state index in [1.165, 1.54) is 0 Å². The Hall–Kier alpha value is -1.48. The van der Waals surface area contributed by atoms with Gasteiger partial charge in [-0.3, -0.25) is 5.10 Å². The van der Waals surface area contributed by atoms with Crippen molar-refractivity contribution in [1.82, 2.24) is 10.2 Å². The number of hydrogen-bond acceptors (Lipinski definition) is 2. The van der Waals surface area contributed by atoms with Crippen molar-refractivity contribution < 1.29 is 0 Å². The second-order valence-electron chi connectivity index (χ2n) is 3.52. The number of nitrogens with one attached hydrogen (secondary N) is 1. The van der Waals surface area contributed by atoms with Gasteiger partial charge < -0.3 is 0 Å². The van der Waals surface area contributed by atoms with Crippen molar-refractivity contribution >= 4 is 12.2 Å². The van der Waals surface area contributed by atoms with Crippen molar-refractivity contribution in [3.63, 3.8) is 0 Å². The van der Waals surface area contributed by atoms with Gasteiger partial charge in [-0.25, -0.2) is 0 Å². The molecule has 0 saturated carbocycles. The van der Waals surface area contributed by atoms with E-state index >= 15 is 0 Å². The third kappa shape index (κ3) is 1.83. The van der Waals surface area contributed by atoms with E-state index in [0.717, 1.165) is 22.4 Å². The van der Waals surface area contributed by atoms with E-state index in [1.807, 2.05) is 44.2 Å². The minimum atomic E-state index is 0.715. The molecule has 1 heterocycles. The number of aromatic amines is 1. The molecule has 15 heavy (non-hydrogen) atoms. The van der Waals surface area contributed by atoms with Crippen LogP contribution in [0.2, 0.25) is 0 Å². The number of rotatable bonds is 1. The van der Waals surface area contributed by atoms with E-state index in [-0.39, 0.29) is 0 Å². The SMILES string of the molecule is Cc1c(-c2ccccc2)n[nH]c(=S)c1C. The average Bonchev–Trinajstić information content (AvgIpc) is 2.27. The van der Waals surface area contributed by atoms with Crippen molar-refractivity contribution in [2.75, 3.05) is 0 Å². The van der Waals surface area contributed by atoms with Gasteiger partial charge in [-0.15, -0.1) is 0 Å². The first-order valence-electron chi connectivity index (χ1n) is 4.81. The Morgan fingerprint density at radius 1 is 1.07 bits per heavy atom. The number of hydrogen-bond donors (Lipinski definition) is 1. The summed E-state index contributed by atoms with van der Waals surface area (Å²) in [4.78, 5) is 0. The standard InChI is InChI=1S/C12H12N2S/c1-8-9(2)12(15)14-13-11(8)10-6-4-3-5-7-10/h3-7H,1-2H3,(H,14,15). The third-order valence-electron chi connectivity index (χ3n) is 2.57. The highest BCUT2D eigenvalue weighted by atomic mass is 32.1. The highest BCUT2D eigenvalue weighted by Crippen LogP contribution is 2.21. The smallest absolute Gasteiger partial charge is 0.122 e. The van der Waals surface area contributed by atoms with E-state index < -0.39 is 0 Å². The molecule has 0 atom stereocenters. The number of H-pyrrole nitrogens is 1. The molecule has 76 valence electrons. The molecule has 0 bridgehead atoms. The Morgan fingerprint density at radius 2 is 1.73 bits per heavy atom. The molecule has 0 amide bonds. The summed E-state index contributed by atoms with van der Waals surface area (Å²) in [7, 11) is 0. The molecular formula is C12H12N2S. The first-order chi connectivity index (χ1) is 7.20. The minimum Gasteiger partial charge on any atom is -0.267 e. The van der Waals surface area contributed by atoms with E-state index in [2.05, 4.69) is 10.2 Å². The molecule has 0 aliphatic rings. The van der Waals surface area contributed by atoms with Crippen LogP contribution in [-0.4, -0.2) is 10.2 Å². The minimum absolute atomic E-state index is 0.715. The van der Waals surface area contributed by atoms with Crippen LogP contribution < -0.4 is 0 Å². The van der Waals surface area contributed by atoms with E-state index in [1.54, 1.807) is 0 Å². The van der Waals surface area contributed by atoms with Crippen LogP contribution in [0.5, 0.6) is 0 Å². The van der Waals surface area contributed by atoms with E-state index in [4.69, 9.17) is 12.2 Å². The molecule has 2 aromatic rings. The fourth-order valence-corrected chi connectivity index (χ4v) is 1.70. The Kier molecular flexibility index (Phi) is 2.64. The summed E-state index contributed by atoms with van der Waals surface area (Å²) in [6, 6.07) is 10.1. The summed E-state index contributed by atoms with van der Waals surface area (Å²) in [5.74, 6) is 0. The van der Waals surface area contributed by atoms with Crippen LogP contribution in [0.15, 0.2) is 30.3 Å². The Bertz CT molecular complexity index is 529. The average molecular weight is 216 g/mol. The molecule has 2 nitrogen and oxygen atoms in total. The molecule has 0 spiro atoms. The topological polar surface area (TPSA) is 28.7 Å². The van der Waals surface area contributed by atoms with Crippen LogP contribution in [0.3, 0.4) is 0 Å². The molecule has 0 radical (unpaired) electrons. The summed E-state index contributed by atoms with van der Waals surface area (Å²) in [6.45, 7) is 4.07. The fraction of sp³-hybridized carbons (Fsp3) is 0.167. The lowest BCUT2D eigenvalue weighted by atomic mass is 10.0. The lowest BCUT2D eigenvalue weighted by Gasteiger charge is -2.06. The first kappa shape index (κ1) is 10.1. The highest BCUT2D eigenvalue weighted by Gasteiger charge is 2.06. The van der Waals surface area contributed by atoms with Crippen LogP contribution in [0.25, 0.3) is 11.3 Å². The first-order valence-corrected chi connectivity index (χ1v) is 5.22. The normalized spacial score (nSPS) is 10.3. The van der Waals surface area contributed by atoms with Gasteiger partial charge in [-0.05, 0) is 25.0 Å². The molecule has 3 heteroatoms. The summed E-state index contributed by atoms with van der Waals surface area (Å²) in [5.41, 5.74) is 4.33. The van der Waals surface area contributed by atoms with Gasteiger partial charge in [0.1, 0.15) is 4.64 Å². The van der Waals surface area contributed by atoms with Crippen LogP contribution in [0.1, 0.15) is 11.1 Å². The molecule has 2 rings (SSSR count). The van der Waals surface area contributed by atoms with Crippen molar-refractivity contribution in [2.24, 2.45) is 0 Å². The Balaban J connectivity index is 2.65. The Labute approximate surface area is 94.0 Å². The van der Waals surface area contributed by atoms with Crippen LogP contribution in [0, 0.1) is 18.5 Å². The van der Waals surface area contributed by atoms with Gasteiger partial charge in [0.05, 0.1) is 5.69 Å². The zero-order valence-corrected chi connectivity index (χ0v) is 9.56. The van der Waals surface area contributed by atoms with Gasteiger partial charge in [-0.1, -0.05) is 42.5 Å². The van der Waals surface area contributed by atoms with Gasteiger partial charge in [0.2, 0.25) is 0 Å². The molecule has 0 aliphatic heterocycles. The van der Waals surface area contributed by atoms with Gasteiger partial charge in [0.25, 0.3) is 0 Å². The van der Waals surface area contributed by atoms with Crippen LogP contribution >= 0.6 is 12.2 Å². The molecule has 0 aliphatic carbocycles. The molecule has 0 unspecified atom stereocenters. The molecule has 0 fully saturated rings. The van der Waals surface area contributed by atoms with E-state index in [0.29, 0.717) is 4.64 Å². The van der Waals surface area contributed by atoms with Gasteiger partial charge in [-0.2, -0.15) is 5.10 Å². The lowest BCUT2D eigenvalue weighted by molar-refractivity contribution is 0.987. The monoisotopic (exact) mass is 216 g/mol. The van der Waals surface area contributed by atoms with Gasteiger partial charge in [0.15, 0.2) is 0 Å². The second-order valence-corrected chi connectivity index (χ2v) is 3.93. The third-order valence-corrected chi connectivity index (χ3v) is 2.97. The molecule has 1 N–H and O–H groups in total. The number of nitrogens with zero attached hydrogens (tertiary/aromatic N) is 1. The summed E-state index contributed by atoms with van der Waals surface area (Å²) >= 11 is 5.13. The van der Waals surface area contributed by atoms with Crippen molar-refractivity contribution in [2.45, 2.75) is 13.8 Å². The van der Waals surface area contributed by atoms with Crippen LogP contribution in [0.4, 0.5) is 0 Å². The predicted octanol–water partition coefficient (Wildman–Crippen LogP) is 3.42. The second kappa shape index (κ2) is 3.95. The zero-order chi connectivity index (χ0) is 10.8. The highest BCUT2D eigenvalue weighted by molar-refractivity contribution is 7.71. The van der Waals surface area contributed by atoms with Crippen LogP contribution in [-0.2, 0) is 0 Å². The quantitative estimate of drug-likeness (QED) is 0.740. The Morgan fingerprint density at radius 3 is 2.40 bits per heavy atom. The van der Waals surface area contributed by atoms with Crippen molar-refractivity contribution in [3.8, 4) is 11.3 Å². The largest absolute Gasteiger partial charge is 0.267 e.